The standard InChI is InChI=1S/C19H15ClFNO3/c1-11(2)25-13-9-7-12(8-10-13)16-17(20)19(24)22(18(16)23)15-6-4-3-5-14(15)21/h3-11H,1-2H3. The predicted octanol–water partition coefficient (Wildman–Crippen LogP) is 4.14. The normalized spacial score (nSPS) is 14.7. The second-order valence-corrected chi connectivity index (χ2v) is 6.16. The summed E-state index contributed by atoms with van der Waals surface area (Å²) in [5.41, 5.74) is 0.398. The fraction of sp³-hybridized carbons (Fsp3) is 0.158. The first-order valence-corrected chi connectivity index (χ1v) is 8.08. The van der Waals surface area contributed by atoms with Gasteiger partial charge < -0.3 is 4.74 Å². The van der Waals surface area contributed by atoms with Crippen LogP contribution in [0.1, 0.15) is 19.4 Å². The number of carbonyl (C=O) groups excluding carboxylic acids is 2. The number of imide groups is 1. The first-order chi connectivity index (χ1) is 11.9. The molecule has 0 unspecified atom stereocenters. The molecule has 0 N–H and O–H groups in total. The van der Waals surface area contributed by atoms with Crippen LogP contribution in [0.25, 0.3) is 5.57 Å². The zero-order valence-corrected chi connectivity index (χ0v) is 14.4. The van der Waals surface area contributed by atoms with Crippen molar-refractivity contribution in [3.63, 3.8) is 0 Å². The molecular weight excluding hydrogens is 345 g/mol. The van der Waals surface area contributed by atoms with Crippen molar-refractivity contribution in [1.29, 1.82) is 0 Å². The number of halogens is 2. The summed E-state index contributed by atoms with van der Waals surface area (Å²) in [5, 5.41) is -0.231. The van der Waals surface area contributed by atoms with E-state index in [1.165, 1.54) is 18.2 Å². The number of ether oxygens (including phenoxy) is 1. The average Bonchev–Trinajstić information content (AvgIpc) is 2.79. The van der Waals surface area contributed by atoms with Crippen molar-refractivity contribution >= 4 is 34.7 Å². The summed E-state index contributed by atoms with van der Waals surface area (Å²) in [7, 11) is 0. The van der Waals surface area contributed by atoms with Crippen molar-refractivity contribution in [2.75, 3.05) is 4.90 Å². The summed E-state index contributed by atoms with van der Waals surface area (Å²) < 4.78 is 19.5. The van der Waals surface area contributed by atoms with Gasteiger partial charge in [0.2, 0.25) is 0 Å². The van der Waals surface area contributed by atoms with E-state index in [1.54, 1.807) is 30.3 Å². The van der Waals surface area contributed by atoms with Crippen molar-refractivity contribution in [3.05, 3.63) is 64.9 Å². The van der Waals surface area contributed by atoms with Gasteiger partial charge in [-0.3, -0.25) is 9.59 Å². The maximum Gasteiger partial charge on any atom is 0.277 e. The molecule has 2 aromatic carbocycles. The highest BCUT2D eigenvalue weighted by Gasteiger charge is 2.40. The van der Waals surface area contributed by atoms with Crippen molar-refractivity contribution in [2.45, 2.75) is 20.0 Å². The van der Waals surface area contributed by atoms with E-state index in [0.29, 0.717) is 11.3 Å². The second-order valence-electron chi connectivity index (χ2n) is 5.78. The minimum absolute atomic E-state index is 0.0138. The Balaban J connectivity index is 1.96. The summed E-state index contributed by atoms with van der Waals surface area (Å²) in [6, 6.07) is 12.2. The van der Waals surface area contributed by atoms with Crippen LogP contribution in [0.3, 0.4) is 0 Å². The maximum absolute atomic E-state index is 14.0. The Morgan fingerprint density at radius 2 is 1.64 bits per heavy atom. The van der Waals surface area contributed by atoms with Gasteiger partial charge in [0.15, 0.2) is 0 Å². The third kappa shape index (κ3) is 3.15. The minimum Gasteiger partial charge on any atom is -0.491 e. The van der Waals surface area contributed by atoms with Crippen LogP contribution in [0.15, 0.2) is 53.6 Å². The molecule has 0 spiro atoms. The van der Waals surface area contributed by atoms with Gasteiger partial charge in [-0.1, -0.05) is 35.9 Å². The zero-order valence-electron chi connectivity index (χ0n) is 13.6. The van der Waals surface area contributed by atoms with Gasteiger partial charge in [-0.15, -0.1) is 0 Å². The third-order valence-corrected chi connectivity index (χ3v) is 3.99. The van der Waals surface area contributed by atoms with E-state index in [1.807, 2.05) is 13.8 Å². The van der Waals surface area contributed by atoms with E-state index >= 15 is 0 Å². The van der Waals surface area contributed by atoms with Crippen molar-refractivity contribution in [1.82, 2.24) is 0 Å². The van der Waals surface area contributed by atoms with Gasteiger partial charge >= 0.3 is 0 Å². The Morgan fingerprint density at radius 3 is 2.24 bits per heavy atom. The highest BCUT2D eigenvalue weighted by Crippen LogP contribution is 2.36. The topological polar surface area (TPSA) is 46.6 Å². The molecule has 0 fully saturated rings. The molecule has 4 nitrogen and oxygen atoms in total. The summed E-state index contributed by atoms with van der Waals surface area (Å²) in [6.45, 7) is 3.80. The molecule has 1 heterocycles. The lowest BCUT2D eigenvalue weighted by atomic mass is 10.1. The number of hydrogen-bond donors (Lipinski definition) is 0. The minimum atomic E-state index is -0.741. The fourth-order valence-corrected chi connectivity index (χ4v) is 2.85. The lowest BCUT2D eigenvalue weighted by molar-refractivity contribution is -0.119. The second kappa shape index (κ2) is 6.69. The van der Waals surface area contributed by atoms with E-state index in [0.717, 1.165) is 4.90 Å². The molecule has 2 aromatic rings. The van der Waals surface area contributed by atoms with E-state index in [-0.39, 0.29) is 22.4 Å². The van der Waals surface area contributed by atoms with E-state index in [4.69, 9.17) is 16.3 Å². The van der Waals surface area contributed by atoms with Crippen molar-refractivity contribution in [3.8, 4) is 5.75 Å². The molecule has 6 heteroatoms. The Kier molecular flexibility index (Phi) is 4.59. The molecule has 0 radical (unpaired) electrons. The van der Waals surface area contributed by atoms with E-state index in [9.17, 15) is 14.0 Å². The van der Waals surface area contributed by atoms with Crippen LogP contribution in [-0.2, 0) is 9.59 Å². The molecule has 0 aliphatic carbocycles. The zero-order chi connectivity index (χ0) is 18.1. The molecule has 0 aromatic heterocycles. The summed E-state index contributed by atoms with van der Waals surface area (Å²) in [6.07, 6.45) is 0.0138. The van der Waals surface area contributed by atoms with Crippen LogP contribution >= 0.6 is 11.6 Å². The van der Waals surface area contributed by atoms with E-state index < -0.39 is 17.6 Å². The number of carbonyl (C=O) groups is 2. The molecule has 0 bridgehead atoms. The molecule has 3 rings (SSSR count). The Morgan fingerprint density at radius 1 is 1.00 bits per heavy atom. The number of amides is 2. The molecular formula is C19H15ClFNO3. The van der Waals surface area contributed by atoms with Gasteiger partial charge in [-0.05, 0) is 43.7 Å². The van der Waals surface area contributed by atoms with Crippen LogP contribution in [0.5, 0.6) is 5.75 Å². The molecule has 25 heavy (non-hydrogen) atoms. The molecule has 0 saturated heterocycles. The molecule has 128 valence electrons. The van der Waals surface area contributed by atoms with E-state index in [2.05, 4.69) is 0 Å². The molecule has 1 aliphatic rings. The van der Waals surface area contributed by atoms with Gasteiger partial charge in [0.25, 0.3) is 11.8 Å². The quantitative estimate of drug-likeness (QED) is 0.771. The SMILES string of the molecule is CC(C)Oc1ccc(C2=C(Cl)C(=O)N(c3ccccc3F)C2=O)cc1. The first kappa shape index (κ1) is 17.2. The average molecular weight is 360 g/mol. The Hall–Kier alpha value is -2.66. The van der Waals surface area contributed by atoms with Crippen LogP contribution in [0.2, 0.25) is 0 Å². The first-order valence-electron chi connectivity index (χ1n) is 7.70. The van der Waals surface area contributed by atoms with Gasteiger partial charge in [0, 0.05) is 0 Å². The Labute approximate surface area is 149 Å². The van der Waals surface area contributed by atoms with Gasteiger partial charge in [0.05, 0.1) is 17.4 Å². The van der Waals surface area contributed by atoms with Crippen LogP contribution in [0, 0.1) is 5.82 Å². The predicted molar refractivity (Wildman–Crippen MR) is 93.9 cm³/mol. The lowest BCUT2D eigenvalue weighted by Gasteiger charge is -2.15. The molecule has 0 atom stereocenters. The van der Waals surface area contributed by atoms with Crippen molar-refractivity contribution in [2.24, 2.45) is 0 Å². The number of anilines is 1. The highest BCUT2D eigenvalue weighted by molar-refractivity contribution is 6.60. The number of rotatable bonds is 4. The summed E-state index contributed by atoms with van der Waals surface area (Å²) in [4.78, 5) is 25.9. The molecule has 1 aliphatic heterocycles. The van der Waals surface area contributed by atoms with Gasteiger partial charge in [-0.25, -0.2) is 9.29 Å². The largest absolute Gasteiger partial charge is 0.491 e. The Bertz CT molecular complexity index is 874. The maximum atomic E-state index is 14.0. The number of para-hydroxylation sites is 1. The van der Waals surface area contributed by atoms with Gasteiger partial charge in [-0.2, -0.15) is 0 Å². The molecule has 2 amide bonds. The van der Waals surface area contributed by atoms with Crippen LogP contribution in [-0.4, -0.2) is 17.9 Å². The summed E-state index contributed by atoms with van der Waals surface area (Å²) >= 11 is 6.09. The van der Waals surface area contributed by atoms with Crippen molar-refractivity contribution < 1.29 is 18.7 Å². The number of nitrogens with zero attached hydrogens (tertiary/aromatic N) is 1. The third-order valence-electron chi connectivity index (χ3n) is 3.64. The van der Waals surface area contributed by atoms with Crippen LogP contribution in [0.4, 0.5) is 10.1 Å². The summed E-state index contributed by atoms with van der Waals surface area (Å²) in [5.74, 6) is -1.43. The van der Waals surface area contributed by atoms with Gasteiger partial charge in [0.1, 0.15) is 16.6 Å². The van der Waals surface area contributed by atoms with Crippen LogP contribution < -0.4 is 9.64 Å². The number of benzene rings is 2. The monoisotopic (exact) mass is 359 g/mol. The smallest absolute Gasteiger partial charge is 0.277 e. The fourth-order valence-electron chi connectivity index (χ4n) is 2.58. The molecule has 0 saturated carbocycles. The highest BCUT2D eigenvalue weighted by atomic mass is 35.5. The lowest BCUT2D eigenvalue weighted by Crippen LogP contribution is -2.31. The number of hydrogen-bond acceptors (Lipinski definition) is 3.